The van der Waals surface area contributed by atoms with Gasteiger partial charge in [0.1, 0.15) is 5.82 Å². The molecule has 3 aromatic rings. The second-order valence-electron chi connectivity index (χ2n) is 5.19. The molecule has 0 saturated carbocycles. The lowest BCUT2D eigenvalue weighted by Gasteiger charge is -2.10. The van der Waals surface area contributed by atoms with Crippen molar-refractivity contribution in [3.05, 3.63) is 34.5 Å². The van der Waals surface area contributed by atoms with Crippen molar-refractivity contribution in [2.24, 2.45) is 0 Å². The van der Waals surface area contributed by atoms with Crippen LogP contribution in [0.15, 0.2) is 29.1 Å². The maximum absolute atomic E-state index is 11.4. The van der Waals surface area contributed by atoms with Crippen molar-refractivity contribution < 1.29 is 0 Å². The summed E-state index contributed by atoms with van der Waals surface area (Å²) in [5.74, 6) is 0.597. The molecule has 2 aromatic heterocycles. The van der Waals surface area contributed by atoms with E-state index in [1.165, 1.54) is 0 Å². The minimum absolute atomic E-state index is 0.0345. The average molecular weight is 271 g/mol. The lowest BCUT2D eigenvalue weighted by Crippen LogP contribution is -2.19. The molecule has 3 N–H and O–H groups in total. The molecule has 0 bridgehead atoms. The molecule has 104 valence electrons. The fourth-order valence-corrected chi connectivity index (χ4v) is 2.26. The largest absolute Gasteiger partial charge is 0.384 e. The fourth-order valence-electron chi connectivity index (χ4n) is 2.26. The molecule has 0 aliphatic rings. The van der Waals surface area contributed by atoms with Gasteiger partial charge in [0.05, 0.1) is 17.4 Å². The van der Waals surface area contributed by atoms with Crippen LogP contribution in [0.3, 0.4) is 0 Å². The smallest absolute Gasteiger partial charge is 0.180 e. The predicted molar refractivity (Wildman–Crippen MR) is 80.8 cm³/mol. The molecule has 0 spiro atoms. The van der Waals surface area contributed by atoms with Crippen LogP contribution >= 0.6 is 0 Å². The highest BCUT2D eigenvalue weighted by Crippen LogP contribution is 2.23. The summed E-state index contributed by atoms with van der Waals surface area (Å²) in [6, 6.07) is 6.84. The molecule has 0 fully saturated rings. The van der Waals surface area contributed by atoms with Crippen LogP contribution in [0.2, 0.25) is 0 Å². The maximum Gasteiger partial charge on any atom is 0.180 e. The van der Waals surface area contributed by atoms with Crippen molar-refractivity contribution >= 4 is 27.8 Å². The van der Waals surface area contributed by atoms with Crippen LogP contribution in [0.1, 0.15) is 0 Å². The summed E-state index contributed by atoms with van der Waals surface area (Å²) in [7, 11) is 4.03. The number of nitrogens with one attached hydrogen (secondary N) is 1. The number of H-pyrrole nitrogens is 1. The highest BCUT2D eigenvalue weighted by molar-refractivity contribution is 5.96. The number of pyridine rings is 1. The molecule has 0 saturated heterocycles. The van der Waals surface area contributed by atoms with E-state index in [0.717, 1.165) is 29.5 Å². The molecule has 0 unspecified atom stereocenters. The van der Waals surface area contributed by atoms with E-state index in [2.05, 4.69) is 15.0 Å². The lowest BCUT2D eigenvalue weighted by atomic mass is 10.2. The van der Waals surface area contributed by atoms with E-state index in [4.69, 9.17) is 5.73 Å². The maximum atomic E-state index is 11.4. The van der Waals surface area contributed by atoms with Gasteiger partial charge in [-0.2, -0.15) is 0 Å². The first kappa shape index (κ1) is 12.7. The summed E-state index contributed by atoms with van der Waals surface area (Å²) in [4.78, 5) is 18.1. The molecule has 6 nitrogen and oxygen atoms in total. The molecular formula is C14H17N5O. The van der Waals surface area contributed by atoms with E-state index in [-0.39, 0.29) is 5.43 Å². The van der Waals surface area contributed by atoms with Crippen molar-refractivity contribution in [1.82, 2.24) is 19.7 Å². The Morgan fingerprint density at radius 3 is 2.90 bits per heavy atom. The first-order chi connectivity index (χ1) is 9.54. The van der Waals surface area contributed by atoms with Crippen LogP contribution < -0.4 is 11.2 Å². The van der Waals surface area contributed by atoms with Gasteiger partial charge in [-0.05, 0) is 32.3 Å². The van der Waals surface area contributed by atoms with E-state index in [9.17, 15) is 4.79 Å². The number of nitrogens with two attached hydrogens (primary N) is 1. The first-order valence-electron chi connectivity index (χ1n) is 6.48. The quantitative estimate of drug-likeness (QED) is 0.745. The van der Waals surface area contributed by atoms with Crippen LogP contribution in [-0.2, 0) is 6.54 Å². The van der Waals surface area contributed by atoms with Crippen molar-refractivity contribution in [2.75, 3.05) is 26.4 Å². The third kappa shape index (κ3) is 2.14. The summed E-state index contributed by atoms with van der Waals surface area (Å²) in [6.45, 7) is 1.64. The van der Waals surface area contributed by atoms with Gasteiger partial charge in [0.2, 0.25) is 0 Å². The molecule has 0 radical (unpaired) electrons. The lowest BCUT2D eigenvalue weighted by molar-refractivity contribution is 0.376. The number of fused-ring (bicyclic) bond motifs is 2. The van der Waals surface area contributed by atoms with E-state index in [1.54, 1.807) is 18.2 Å². The standard InChI is InChI=1S/C14H17N5O/c1-18(2)5-6-19-14-11(13(15)17-19)7-9-3-4-10(20)8-12(9)16-14/h3-4,7-8,17H,5-6,15H2,1-2H3. The van der Waals surface area contributed by atoms with Gasteiger partial charge in [0.25, 0.3) is 0 Å². The number of benzene rings is 1. The summed E-state index contributed by atoms with van der Waals surface area (Å²) < 4.78 is 1.92. The Bertz CT molecular complexity index is 831. The van der Waals surface area contributed by atoms with Gasteiger partial charge in [-0.3, -0.25) is 14.6 Å². The number of nitrogen functional groups attached to an aromatic ring is 1. The van der Waals surface area contributed by atoms with Gasteiger partial charge >= 0.3 is 0 Å². The number of anilines is 1. The minimum atomic E-state index is -0.0345. The van der Waals surface area contributed by atoms with Crippen molar-refractivity contribution in [3.63, 3.8) is 0 Å². The van der Waals surface area contributed by atoms with Crippen LogP contribution in [0.4, 0.5) is 5.82 Å². The van der Waals surface area contributed by atoms with Gasteiger partial charge in [0.15, 0.2) is 11.1 Å². The third-order valence-electron chi connectivity index (χ3n) is 3.34. The van der Waals surface area contributed by atoms with E-state index in [0.29, 0.717) is 11.3 Å². The molecule has 0 atom stereocenters. The minimum Gasteiger partial charge on any atom is -0.384 e. The second-order valence-corrected chi connectivity index (χ2v) is 5.19. The zero-order chi connectivity index (χ0) is 14.3. The van der Waals surface area contributed by atoms with Gasteiger partial charge in [-0.25, -0.2) is 4.98 Å². The number of aromatic nitrogens is 3. The number of aromatic amines is 1. The Kier molecular flexibility index (Phi) is 2.94. The topological polar surface area (TPSA) is 79.9 Å². The van der Waals surface area contributed by atoms with Crippen molar-refractivity contribution in [2.45, 2.75) is 6.54 Å². The van der Waals surface area contributed by atoms with Crippen molar-refractivity contribution in [3.8, 4) is 0 Å². The molecule has 1 aromatic carbocycles. The highest BCUT2D eigenvalue weighted by Gasteiger charge is 2.10. The van der Waals surface area contributed by atoms with E-state index >= 15 is 0 Å². The molecule has 6 heteroatoms. The molecule has 0 aliphatic heterocycles. The normalized spacial score (nSPS) is 11.8. The Labute approximate surface area is 115 Å². The predicted octanol–water partition coefficient (Wildman–Crippen LogP) is 1.02. The first-order valence-corrected chi connectivity index (χ1v) is 6.48. The number of likely N-dealkylation sites (N-methyl/N-ethyl adjacent to an activating group) is 1. The zero-order valence-corrected chi connectivity index (χ0v) is 11.6. The fraction of sp³-hybridized carbons (Fsp3) is 0.286. The number of hydrogen-bond acceptors (Lipinski definition) is 4. The molecule has 0 aliphatic carbocycles. The Balaban J connectivity index is 2.19. The van der Waals surface area contributed by atoms with Gasteiger partial charge in [-0.1, -0.05) is 0 Å². The Morgan fingerprint density at radius 1 is 1.35 bits per heavy atom. The van der Waals surface area contributed by atoms with Gasteiger partial charge in [0, 0.05) is 18.0 Å². The average Bonchev–Trinajstić information content (AvgIpc) is 2.70. The Morgan fingerprint density at radius 2 is 2.15 bits per heavy atom. The van der Waals surface area contributed by atoms with Crippen LogP contribution in [0, 0.1) is 0 Å². The van der Waals surface area contributed by atoms with E-state index in [1.807, 2.05) is 24.8 Å². The van der Waals surface area contributed by atoms with E-state index < -0.39 is 0 Å². The zero-order valence-electron chi connectivity index (χ0n) is 11.6. The van der Waals surface area contributed by atoms with Gasteiger partial charge in [-0.15, -0.1) is 0 Å². The Hall–Kier alpha value is -2.34. The summed E-state index contributed by atoms with van der Waals surface area (Å²) in [6.07, 6.45) is 0. The molecule has 2 heterocycles. The number of nitrogens with zero attached hydrogens (tertiary/aromatic N) is 3. The van der Waals surface area contributed by atoms with Gasteiger partial charge < -0.3 is 10.6 Å². The third-order valence-corrected chi connectivity index (χ3v) is 3.34. The van der Waals surface area contributed by atoms with Crippen LogP contribution in [0.5, 0.6) is 0 Å². The summed E-state index contributed by atoms with van der Waals surface area (Å²) in [5.41, 5.74) is 7.45. The number of hydrogen-bond donors (Lipinski definition) is 2. The van der Waals surface area contributed by atoms with Crippen molar-refractivity contribution in [1.29, 1.82) is 0 Å². The molecule has 3 rings (SSSR count). The van der Waals surface area contributed by atoms with Crippen LogP contribution in [0.25, 0.3) is 21.9 Å². The monoisotopic (exact) mass is 271 g/mol. The molecule has 20 heavy (non-hydrogen) atoms. The second kappa shape index (κ2) is 4.64. The summed E-state index contributed by atoms with van der Waals surface area (Å²) in [5, 5.41) is 4.93. The molecular weight excluding hydrogens is 254 g/mol. The number of rotatable bonds is 3. The molecule has 0 amide bonds. The SMILES string of the molecule is CN(C)CCn1[nH]c(N)c2cc3ccc(=O)cc3nc21. The summed E-state index contributed by atoms with van der Waals surface area (Å²) >= 11 is 0. The highest BCUT2D eigenvalue weighted by atomic mass is 16.1. The van der Waals surface area contributed by atoms with Crippen LogP contribution in [-0.4, -0.2) is 40.3 Å².